The summed E-state index contributed by atoms with van der Waals surface area (Å²) >= 11 is 29.4. The molecule has 0 amide bonds. The third-order valence-corrected chi connectivity index (χ3v) is 11.5. The van der Waals surface area contributed by atoms with Crippen molar-refractivity contribution < 1.29 is 0 Å². The first-order valence-electron chi connectivity index (χ1n) is 17.5. The number of halogens is 6. The highest BCUT2D eigenvalue weighted by Crippen LogP contribution is 2.42. The summed E-state index contributed by atoms with van der Waals surface area (Å²) in [5.41, 5.74) is -0.267. The van der Waals surface area contributed by atoms with Gasteiger partial charge in [-0.2, -0.15) is 5.26 Å². The van der Waals surface area contributed by atoms with E-state index in [1.807, 2.05) is 0 Å². The minimum absolute atomic E-state index is 0.0306. The molecule has 0 unspecified atom stereocenters. The molecule has 0 spiro atoms. The zero-order valence-corrected chi connectivity index (χ0v) is 34.9. The van der Waals surface area contributed by atoms with Crippen molar-refractivity contribution in [2.45, 2.75) is 129 Å². The average molecular weight is 889 g/mol. The first kappa shape index (κ1) is 42.7. The lowest BCUT2D eigenvalue weighted by Crippen LogP contribution is -2.28. The Morgan fingerprint density at radius 2 is 1.35 bits per heavy atom. The van der Waals surface area contributed by atoms with Gasteiger partial charge in [0.1, 0.15) is 16.3 Å². The Morgan fingerprint density at radius 1 is 0.837 bits per heavy atom. The third-order valence-electron chi connectivity index (χ3n) is 9.54. The minimum atomic E-state index is -0.236. The monoisotopic (exact) mass is 885 g/mol. The number of nitriles is 1. The normalized spacial score (nSPS) is 19.1. The summed E-state index contributed by atoms with van der Waals surface area (Å²) < 4.78 is 6.18. The summed E-state index contributed by atoms with van der Waals surface area (Å²) in [7, 11) is 0. The van der Waals surface area contributed by atoms with Crippen molar-refractivity contribution in [1.82, 2.24) is 28.4 Å². The van der Waals surface area contributed by atoms with Gasteiger partial charge in [0.25, 0.3) is 11.1 Å². The van der Waals surface area contributed by atoms with Crippen molar-refractivity contribution in [1.29, 1.82) is 5.26 Å². The molecule has 4 fully saturated rings. The van der Waals surface area contributed by atoms with Gasteiger partial charge < -0.3 is 9.13 Å². The largest absolute Gasteiger partial charge is 0.307 e. The van der Waals surface area contributed by atoms with Crippen molar-refractivity contribution in [3.05, 3.63) is 52.6 Å². The number of rotatable bonds is 13. The summed E-state index contributed by atoms with van der Waals surface area (Å²) in [5.74, 6) is 2.92. The second kappa shape index (κ2) is 21.1. The average Bonchev–Trinajstić information content (AvgIpc) is 3.89. The van der Waals surface area contributed by atoms with Gasteiger partial charge in [-0.3, -0.25) is 9.59 Å². The molecule has 2 heterocycles. The molecule has 4 aliphatic rings. The smallest absolute Gasteiger partial charge is 0.288 e. The van der Waals surface area contributed by atoms with E-state index in [2.05, 4.69) is 80.4 Å². The fourth-order valence-corrected chi connectivity index (χ4v) is 8.43. The van der Waals surface area contributed by atoms with E-state index in [1.165, 1.54) is 51.4 Å². The fourth-order valence-electron chi connectivity index (χ4n) is 6.29. The SMILES string of the molecule is CC[C@@H](NCl)C1CC1.CC[C@H](C1CC1)N(Cl)CC#N.CC[C@H](C1CC1)n1cc(Br)nc(Br)c1=O.CC[C@H](C1CC1)n1cc(Cl)nc(Cl)c1=O. The van der Waals surface area contributed by atoms with Crippen molar-refractivity contribution >= 4 is 78.6 Å². The molecule has 1 N–H and O–H groups in total. The van der Waals surface area contributed by atoms with E-state index >= 15 is 0 Å². The molecule has 4 saturated carbocycles. The van der Waals surface area contributed by atoms with Crippen LogP contribution in [0.15, 0.2) is 31.2 Å². The first-order valence-corrected chi connectivity index (χ1v) is 20.5. The van der Waals surface area contributed by atoms with Crippen molar-refractivity contribution in [2.24, 2.45) is 23.7 Å². The molecule has 49 heavy (non-hydrogen) atoms. The zero-order valence-electron chi connectivity index (χ0n) is 28.7. The van der Waals surface area contributed by atoms with Gasteiger partial charge in [0.15, 0.2) is 9.76 Å². The van der Waals surface area contributed by atoms with E-state index in [-0.39, 0.29) is 27.5 Å². The molecule has 0 saturated heterocycles. The molecular weight excluding hydrogens is 840 g/mol. The lowest BCUT2D eigenvalue weighted by molar-refractivity contribution is 0.323. The lowest BCUT2D eigenvalue weighted by Gasteiger charge is -2.20. The molecule has 0 bridgehead atoms. The van der Waals surface area contributed by atoms with Crippen LogP contribution in [0.4, 0.5) is 0 Å². The van der Waals surface area contributed by atoms with Gasteiger partial charge in [-0.1, -0.05) is 50.9 Å². The highest BCUT2D eigenvalue weighted by Gasteiger charge is 2.34. The predicted octanol–water partition coefficient (Wildman–Crippen LogP) is 10.1. The number of hydrogen-bond donors (Lipinski definition) is 1. The first-order chi connectivity index (χ1) is 23.4. The van der Waals surface area contributed by atoms with Crippen molar-refractivity contribution in [2.75, 3.05) is 6.54 Å². The summed E-state index contributed by atoms with van der Waals surface area (Å²) in [6.07, 6.45) is 17.7. The molecule has 15 heteroatoms. The van der Waals surface area contributed by atoms with Crippen LogP contribution in [0.25, 0.3) is 0 Å². The van der Waals surface area contributed by atoms with Gasteiger partial charge in [-0.05, 0) is 156 Å². The predicted molar refractivity (Wildman–Crippen MR) is 207 cm³/mol. The standard InChI is InChI=1S/C10H12Br2N2O.C10H12Cl2N2O.C8H13ClN2.C6H12ClN/c2*1-2-7(6-3-4-6)14-5-8(11)13-9(12)10(14)15;1-2-8(7-3-4-7)11(9)6-5-10;1-2-6(8-7)5-3-4-5/h2*5-7H,2-4H2,1H3;7-8H,2-4,6H2,1H3;5-6,8H,2-4H2,1H3/t2*7-;8-;6-/m1111/s1. The molecule has 9 nitrogen and oxygen atoms in total. The second-order valence-electron chi connectivity index (χ2n) is 13.2. The van der Waals surface area contributed by atoms with Gasteiger partial charge in [0.2, 0.25) is 0 Å². The number of nitrogens with one attached hydrogen (secondary N) is 1. The molecule has 4 atom stereocenters. The van der Waals surface area contributed by atoms with Gasteiger partial charge in [-0.25, -0.2) is 19.2 Å². The highest BCUT2D eigenvalue weighted by molar-refractivity contribution is 9.11. The summed E-state index contributed by atoms with van der Waals surface area (Å²) in [6.45, 7) is 8.82. The van der Waals surface area contributed by atoms with Crippen LogP contribution >= 0.6 is 78.6 Å². The van der Waals surface area contributed by atoms with E-state index in [0.29, 0.717) is 45.7 Å². The highest BCUT2D eigenvalue weighted by atomic mass is 79.9. The Morgan fingerprint density at radius 3 is 1.73 bits per heavy atom. The van der Waals surface area contributed by atoms with Crippen LogP contribution in [-0.4, -0.2) is 42.1 Å². The summed E-state index contributed by atoms with van der Waals surface area (Å²) in [5, 5.41) is 8.64. The van der Waals surface area contributed by atoms with Crippen LogP contribution in [0.1, 0.15) is 117 Å². The molecule has 6 rings (SSSR count). The lowest BCUT2D eigenvalue weighted by atomic mass is 10.1. The van der Waals surface area contributed by atoms with Gasteiger partial charge >= 0.3 is 0 Å². The fraction of sp³-hybridized carbons (Fsp3) is 0.735. The summed E-state index contributed by atoms with van der Waals surface area (Å²) in [4.78, 5) is 34.2. The molecule has 2 aromatic rings. The van der Waals surface area contributed by atoms with Crippen LogP contribution < -0.4 is 16.0 Å². The topological polar surface area (TPSA) is 109 Å². The van der Waals surface area contributed by atoms with Crippen LogP contribution in [0.5, 0.6) is 0 Å². The molecule has 4 aliphatic carbocycles. The number of aromatic nitrogens is 4. The van der Waals surface area contributed by atoms with Crippen LogP contribution in [0, 0.1) is 35.0 Å². The maximum absolute atomic E-state index is 11.9. The minimum Gasteiger partial charge on any atom is -0.307 e. The molecule has 2 aromatic heterocycles. The van der Waals surface area contributed by atoms with Gasteiger partial charge in [0, 0.05) is 36.6 Å². The number of hydrogen-bond acceptors (Lipinski definition) is 7. The Labute approximate surface area is 327 Å². The number of nitrogens with zero attached hydrogens (tertiary/aromatic N) is 6. The van der Waals surface area contributed by atoms with E-state index in [4.69, 9.17) is 52.0 Å². The molecule has 0 aliphatic heterocycles. The van der Waals surface area contributed by atoms with E-state index in [1.54, 1.807) is 25.9 Å². The Bertz CT molecular complexity index is 1400. The molecule has 274 valence electrons. The van der Waals surface area contributed by atoms with Gasteiger partial charge in [0.05, 0.1) is 6.07 Å². The Hall–Kier alpha value is -0.710. The van der Waals surface area contributed by atoms with Crippen LogP contribution in [-0.2, 0) is 0 Å². The van der Waals surface area contributed by atoms with E-state index in [0.717, 1.165) is 37.5 Å². The van der Waals surface area contributed by atoms with E-state index in [9.17, 15) is 9.59 Å². The quantitative estimate of drug-likeness (QED) is 0.158. The Kier molecular flexibility index (Phi) is 18.4. The van der Waals surface area contributed by atoms with E-state index < -0.39 is 0 Å². The maximum Gasteiger partial charge on any atom is 0.288 e. The van der Waals surface area contributed by atoms with Crippen molar-refractivity contribution in [3.8, 4) is 6.07 Å². The van der Waals surface area contributed by atoms with Crippen molar-refractivity contribution in [3.63, 3.8) is 0 Å². The zero-order chi connectivity index (χ0) is 36.2. The Balaban J connectivity index is 0.000000182. The molecule has 0 radical (unpaired) electrons. The maximum atomic E-state index is 11.9. The van der Waals surface area contributed by atoms with Gasteiger partial charge in [-0.15, -0.1) is 0 Å². The van der Waals surface area contributed by atoms with Crippen LogP contribution in [0.2, 0.25) is 10.3 Å². The van der Waals surface area contributed by atoms with Crippen LogP contribution in [0.3, 0.4) is 0 Å². The molecular formula is C34H49Br2Cl4N7O2. The molecule has 0 aromatic carbocycles. The second-order valence-corrected chi connectivity index (χ2v) is 16.2. The summed E-state index contributed by atoms with van der Waals surface area (Å²) in [6, 6.07) is 3.61. The third kappa shape index (κ3) is 13.7.